The van der Waals surface area contributed by atoms with Gasteiger partial charge in [-0.25, -0.2) is 8.42 Å². The lowest BCUT2D eigenvalue weighted by Crippen LogP contribution is -2.45. The van der Waals surface area contributed by atoms with Crippen LogP contribution in [0.3, 0.4) is 0 Å². The number of nitrogens with zero attached hydrogens (tertiary/aromatic N) is 1. The fourth-order valence-electron chi connectivity index (χ4n) is 3.81. The minimum absolute atomic E-state index is 0.118. The highest BCUT2D eigenvalue weighted by molar-refractivity contribution is 7.89. The van der Waals surface area contributed by atoms with Crippen molar-refractivity contribution in [3.05, 3.63) is 59.7 Å². The van der Waals surface area contributed by atoms with E-state index in [9.17, 15) is 13.2 Å². The zero-order valence-corrected chi connectivity index (χ0v) is 18.5. The van der Waals surface area contributed by atoms with Gasteiger partial charge in [-0.2, -0.15) is 4.31 Å². The molecular weight excluding hydrogens is 400 g/mol. The molecule has 0 aromatic heterocycles. The molecule has 2 aromatic rings. The molecule has 1 heterocycles. The van der Waals surface area contributed by atoms with Gasteiger partial charge in [0, 0.05) is 19.1 Å². The number of carbonyl (C=O) groups excluding carboxylic acids is 1. The van der Waals surface area contributed by atoms with E-state index in [4.69, 9.17) is 4.74 Å². The first-order valence-electron chi connectivity index (χ1n) is 10.5. The number of amides is 1. The molecule has 2 aromatic carbocycles. The van der Waals surface area contributed by atoms with E-state index in [0.717, 1.165) is 24.8 Å². The summed E-state index contributed by atoms with van der Waals surface area (Å²) in [5.41, 5.74) is 1.52. The molecule has 0 saturated carbocycles. The minimum atomic E-state index is -3.54. The predicted molar refractivity (Wildman–Crippen MR) is 117 cm³/mol. The fourth-order valence-corrected chi connectivity index (χ4v) is 5.53. The Morgan fingerprint density at radius 1 is 1.13 bits per heavy atom. The van der Waals surface area contributed by atoms with Crippen molar-refractivity contribution in [2.24, 2.45) is 0 Å². The van der Waals surface area contributed by atoms with E-state index < -0.39 is 10.0 Å². The van der Waals surface area contributed by atoms with E-state index >= 15 is 0 Å². The number of ether oxygens (including phenoxy) is 1. The van der Waals surface area contributed by atoms with Crippen LogP contribution in [0.25, 0.3) is 0 Å². The Morgan fingerprint density at radius 2 is 1.87 bits per heavy atom. The van der Waals surface area contributed by atoms with Gasteiger partial charge in [0.2, 0.25) is 10.0 Å². The first-order chi connectivity index (χ1) is 14.4. The van der Waals surface area contributed by atoms with Crippen molar-refractivity contribution < 1.29 is 17.9 Å². The minimum Gasteiger partial charge on any atom is -0.493 e. The maximum atomic E-state index is 13.2. The molecule has 1 aliphatic heterocycles. The molecule has 6 nitrogen and oxygen atoms in total. The number of carbonyl (C=O) groups is 1. The lowest BCUT2D eigenvalue weighted by atomic mass is 10.0. The molecule has 1 aliphatic rings. The number of hydrogen-bond donors (Lipinski definition) is 1. The molecule has 1 saturated heterocycles. The summed E-state index contributed by atoms with van der Waals surface area (Å²) in [6, 6.07) is 14.0. The average molecular weight is 431 g/mol. The summed E-state index contributed by atoms with van der Waals surface area (Å²) >= 11 is 0. The summed E-state index contributed by atoms with van der Waals surface area (Å²) in [5, 5.41) is 2.92. The van der Waals surface area contributed by atoms with Crippen molar-refractivity contribution in [3.63, 3.8) is 0 Å². The van der Waals surface area contributed by atoms with E-state index in [1.54, 1.807) is 34.6 Å². The first kappa shape index (κ1) is 22.3. The van der Waals surface area contributed by atoms with Crippen LogP contribution in [-0.4, -0.2) is 44.4 Å². The van der Waals surface area contributed by atoms with Crippen molar-refractivity contribution >= 4 is 15.9 Å². The molecule has 1 fully saturated rings. The number of hydrogen-bond acceptors (Lipinski definition) is 4. The van der Waals surface area contributed by atoms with Crippen molar-refractivity contribution in [2.75, 3.05) is 19.7 Å². The van der Waals surface area contributed by atoms with Gasteiger partial charge < -0.3 is 10.1 Å². The number of nitrogens with one attached hydrogen (secondary N) is 1. The largest absolute Gasteiger partial charge is 0.493 e. The van der Waals surface area contributed by atoms with Crippen LogP contribution in [0.15, 0.2) is 53.4 Å². The Balaban J connectivity index is 1.65. The first-order valence-corrected chi connectivity index (χ1v) is 12.0. The van der Waals surface area contributed by atoms with Crippen LogP contribution in [0.2, 0.25) is 0 Å². The van der Waals surface area contributed by atoms with Crippen LogP contribution in [0.1, 0.15) is 48.5 Å². The van der Waals surface area contributed by atoms with Crippen LogP contribution >= 0.6 is 0 Å². The summed E-state index contributed by atoms with van der Waals surface area (Å²) in [7, 11) is -3.54. The molecule has 0 spiro atoms. The molecule has 7 heteroatoms. The summed E-state index contributed by atoms with van der Waals surface area (Å²) < 4.78 is 33.5. The third kappa shape index (κ3) is 5.21. The van der Waals surface area contributed by atoms with Gasteiger partial charge >= 0.3 is 0 Å². The highest BCUT2D eigenvalue weighted by Crippen LogP contribution is 2.27. The standard InChI is InChI=1S/C23H30N2O4S/c1-3-29-22-10-5-4-9-21(22)23(26)24-16-15-19-8-6-7-17-25(19)30(27,28)20-13-11-18(2)12-14-20/h4-5,9-14,19H,3,6-8,15-17H2,1-2H3,(H,24,26). The average Bonchev–Trinajstić information content (AvgIpc) is 2.75. The highest BCUT2D eigenvalue weighted by Gasteiger charge is 2.33. The van der Waals surface area contributed by atoms with Gasteiger partial charge in [0.15, 0.2) is 0 Å². The number of para-hydroxylation sites is 1. The SMILES string of the molecule is CCOc1ccccc1C(=O)NCCC1CCCCN1S(=O)(=O)c1ccc(C)cc1. The van der Waals surface area contributed by atoms with Gasteiger partial charge in [-0.05, 0) is 57.4 Å². The van der Waals surface area contributed by atoms with Crippen molar-refractivity contribution in [2.45, 2.75) is 50.5 Å². The molecule has 0 aliphatic carbocycles. The summed E-state index contributed by atoms with van der Waals surface area (Å²) in [5.74, 6) is 0.349. The fraction of sp³-hybridized carbons (Fsp3) is 0.435. The van der Waals surface area contributed by atoms with Crippen LogP contribution in [0, 0.1) is 6.92 Å². The number of rotatable bonds is 8. The Labute approximate surface area is 179 Å². The van der Waals surface area contributed by atoms with Crippen LogP contribution in [0.5, 0.6) is 5.75 Å². The Hall–Kier alpha value is -2.38. The predicted octanol–water partition coefficient (Wildman–Crippen LogP) is 3.76. The Kier molecular flexibility index (Phi) is 7.50. The number of piperidine rings is 1. The monoisotopic (exact) mass is 430 g/mol. The van der Waals surface area contributed by atoms with Crippen LogP contribution < -0.4 is 10.1 Å². The highest BCUT2D eigenvalue weighted by atomic mass is 32.2. The Bertz CT molecular complexity index is 957. The number of sulfonamides is 1. The lowest BCUT2D eigenvalue weighted by molar-refractivity contribution is 0.0945. The van der Waals surface area contributed by atoms with E-state index in [2.05, 4.69) is 5.32 Å². The Morgan fingerprint density at radius 3 is 2.60 bits per heavy atom. The second-order valence-electron chi connectivity index (χ2n) is 7.55. The van der Waals surface area contributed by atoms with Crippen molar-refractivity contribution in [1.82, 2.24) is 9.62 Å². The summed E-state index contributed by atoms with van der Waals surface area (Å²) in [6.45, 7) is 5.22. The lowest BCUT2D eigenvalue weighted by Gasteiger charge is -2.34. The van der Waals surface area contributed by atoms with Gasteiger partial charge in [0.25, 0.3) is 5.91 Å². The molecule has 1 unspecified atom stereocenters. The summed E-state index contributed by atoms with van der Waals surface area (Å²) in [4.78, 5) is 12.9. The number of aryl methyl sites for hydroxylation is 1. The topological polar surface area (TPSA) is 75.7 Å². The molecule has 3 rings (SSSR count). The maximum Gasteiger partial charge on any atom is 0.255 e. The second-order valence-corrected chi connectivity index (χ2v) is 9.44. The third-order valence-corrected chi connectivity index (χ3v) is 7.36. The van der Waals surface area contributed by atoms with Gasteiger partial charge in [-0.15, -0.1) is 0 Å². The molecule has 162 valence electrons. The molecular formula is C23H30N2O4S. The molecule has 30 heavy (non-hydrogen) atoms. The van der Waals surface area contributed by atoms with Crippen molar-refractivity contribution in [3.8, 4) is 5.75 Å². The molecule has 1 N–H and O–H groups in total. The summed E-state index contributed by atoms with van der Waals surface area (Å²) in [6.07, 6.45) is 3.23. The maximum absolute atomic E-state index is 13.2. The van der Waals surface area contributed by atoms with Crippen LogP contribution in [-0.2, 0) is 10.0 Å². The van der Waals surface area contributed by atoms with Gasteiger partial charge in [0.1, 0.15) is 5.75 Å². The molecule has 0 bridgehead atoms. The number of benzene rings is 2. The van der Waals surface area contributed by atoms with E-state index in [1.807, 2.05) is 32.0 Å². The van der Waals surface area contributed by atoms with Gasteiger partial charge in [-0.1, -0.05) is 36.2 Å². The smallest absolute Gasteiger partial charge is 0.255 e. The zero-order chi connectivity index (χ0) is 21.6. The van der Waals surface area contributed by atoms with Crippen molar-refractivity contribution in [1.29, 1.82) is 0 Å². The molecule has 1 amide bonds. The van der Waals surface area contributed by atoms with E-state index in [0.29, 0.717) is 42.3 Å². The van der Waals surface area contributed by atoms with Gasteiger partial charge in [-0.3, -0.25) is 4.79 Å². The molecule has 1 atom stereocenters. The second kappa shape index (κ2) is 10.1. The van der Waals surface area contributed by atoms with E-state index in [1.165, 1.54) is 0 Å². The van der Waals surface area contributed by atoms with Crippen LogP contribution in [0.4, 0.5) is 0 Å². The van der Waals surface area contributed by atoms with E-state index in [-0.39, 0.29) is 11.9 Å². The van der Waals surface area contributed by atoms with Gasteiger partial charge in [0.05, 0.1) is 17.1 Å². The normalized spacial score (nSPS) is 17.5. The third-order valence-electron chi connectivity index (χ3n) is 5.40. The molecule has 0 radical (unpaired) electrons. The zero-order valence-electron chi connectivity index (χ0n) is 17.6. The quantitative estimate of drug-likeness (QED) is 0.692.